The molecule has 0 saturated carbocycles. The number of hydrogen-bond acceptors (Lipinski definition) is 9. The monoisotopic (exact) mass is 524 g/mol. The van der Waals surface area contributed by atoms with Crippen molar-refractivity contribution >= 4 is 19.7 Å². The van der Waals surface area contributed by atoms with Crippen LogP contribution in [0.15, 0.2) is 41.2 Å². The van der Waals surface area contributed by atoms with Crippen LogP contribution in [0.2, 0.25) is 0 Å². The molecule has 2 aliphatic rings. The molecule has 14 nitrogen and oxygen atoms in total. The number of carbonyl (C=O) groups excluding carboxylic acids is 2. The lowest BCUT2D eigenvalue weighted by molar-refractivity contribution is -0.142. The highest BCUT2D eigenvalue weighted by molar-refractivity contribution is 7.52. The van der Waals surface area contributed by atoms with Crippen LogP contribution >= 0.6 is 7.75 Å². The molecule has 3 rings (SSSR count). The lowest BCUT2D eigenvalue weighted by Crippen LogP contribution is -2.51. The van der Waals surface area contributed by atoms with E-state index in [4.69, 9.17) is 19.3 Å². The van der Waals surface area contributed by atoms with Crippen LogP contribution < -0.4 is 14.9 Å². The molecule has 0 spiro atoms. The summed E-state index contributed by atoms with van der Waals surface area (Å²) >= 11 is 0. The van der Waals surface area contributed by atoms with Gasteiger partial charge in [0.1, 0.15) is 18.0 Å². The summed E-state index contributed by atoms with van der Waals surface area (Å²) in [5.41, 5.74) is 10.4. The van der Waals surface area contributed by atoms with E-state index in [1.54, 1.807) is 31.2 Å². The van der Waals surface area contributed by atoms with Crippen molar-refractivity contribution in [3.05, 3.63) is 52.0 Å². The molecule has 6 atom stereocenters. The number of azide groups is 1. The Morgan fingerprint density at radius 3 is 2.75 bits per heavy atom. The van der Waals surface area contributed by atoms with E-state index in [0.29, 0.717) is 5.57 Å². The summed E-state index contributed by atoms with van der Waals surface area (Å²) in [6.07, 6.45) is -1.29. The number of aryl methyl sites for hydroxylation is 1. The number of rotatable bonds is 10. The Bertz CT molecular complexity index is 1090. The molecule has 1 fully saturated rings. The van der Waals surface area contributed by atoms with Gasteiger partial charge in [-0.2, -0.15) is 5.09 Å². The maximum absolute atomic E-state index is 13.6. The largest absolute Gasteiger partial charge is 0.468 e. The SMILES string of the molecule is COC(=O)C(C)NP(=O)(OCC1OC(N2C=C(C)[C@H](O)NC2=O)CC1N=[N+]=[N-])Oc1ccc(C)cc1. The number of methoxy groups -OCH3 is 1. The first kappa shape index (κ1) is 27.5. The second kappa shape index (κ2) is 11.7. The molecular weight excluding hydrogens is 495 g/mol. The quantitative estimate of drug-likeness (QED) is 0.136. The molecule has 0 bridgehead atoms. The number of nitrogens with zero attached hydrogens (tertiary/aromatic N) is 4. The van der Waals surface area contributed by atoms with Crippen LogP contribution in [-0.4, -0.2) is 66.4 Å². The van der Waals surface area contributed by atoms with Gasteiger partial charge in [-0.15, -0.1) is 0 Å². The number of esters is 1. The highest BCUT2D eigenvalue weighted by atomic mass is 31.2. The van der Waals surface area contributed by atoms with Gasteiger partial charge in [0.05, 0.1) is 25.9 Å². The van der Waals surface area contributed by atoms with Gasteiger partial charge in [-0.05, 0) is 44.0 Å². The third-order valence-electron chi connectivity index (χ3n) is 5.54. The van der Waals surface area contributed by atoms with Crippen molar-refractivity contribution in [3.63, 3.8) is 0 Å². The summed E-state index contributed by atoms with van der Waals surface area (Å²) in [7, 11) is -2.97. The predicted octanol–water partition coefficient (Wildman–Crippen LogP) is 2.69. The number of benzene rings is 1. The van der Waals surface area contributed by atoms with Gasteiger partial charge in [0.25, 0.3) is 0 Å². The Kier molecular flexibility index (Phi) is 8.96. The maximum atomic E-state index is 13.6. The lowest BCUT2D eigenvalue weighted by atomic mass is 10.1. The van der Waals surface area contributed by atoms with Crippen molar-refractivity contribution < 1.29 is 37.8 Å². The van der Waals surface area contributed by atoms with Crippen LogP contribution in [0.5, 0.6) is 5.75 Å². The molecule has 1 saturated heterocycles. The number of urea groups is 1. The fourth-order valence-corrected chi connectivity index (χ4v) is 5.06. The van der Waals surface area contributed by atoms with E-state index >= 15 is 0 Å². The fourth-order valence-electron chi connectivity index (χ4n) is 3.56. The lowest BCUT2D eigenvalue weighted by Gasteiger charge is -2.32. The van der Waals surface area contributed by atoms with E-state index < -0.39 is 50.4 Å². The van der Waals surface area contributed by atoms with Gasteiger partial charge < -0.3 is 24.4 Å². The third-order valence-corrected chi connectivity index (χ3v) is 7.19. The predicted molar refractivity (Wildman–Crippen MR) is 126 cm³/mol. The van der Waals surface area contributed by atoms with Crippen molar-refractivity contribution in [2.45, 2.75) is 57.8 Å². The van der Waals surface area contributed by atoms with Crippen LogP contribution in [0.3, 0.4) is 0 Å². The maximum Gasteiger partial charge on any atom is 0.459 e. The number of carbonyl (C=O) groups is 2. The first-order valence-electron chi connectivity index (χ1n) is 11.1. The van der Waals surface area contributed by atoms with Crippen LogP contribution in [0.25, 0.3) is 10.4 Å². The standard InChI is InChI=1S/C21H29N6O8P/c1-12-5-7-15(8-6-12)35-36(31,25-14(3)20(29)32-4)33-11-17-16(24-26-22)9-18(34-17)27-10-13(2)19(28)23-21(27)30/h5-8,10,14,16-19,28H,9,11H2,1-4H3,(H,23,30)(H,25,31)/t14?,16?,17?,18?,19-,36?/m0/s1. The molecule has 36 heavy (non-hydrogen) atoms. The van der Waals surface area contributed by atoms with Crippen molar-refractivity contribution in [2.75, 3.05) is 13.7 Å². The molecule has 196 valence electrons. The summed E-state index contributed by atoms with van der Waals surface area (Å²) in [6.45, 7) is 4.58. The van der Waals surface area contributed by atoms with Gasteiger partial charge in [0, 0.05) is 17.5 Å². The summed E-state index contributed by atoms with van der Waals surface area (Å²) in [5.74, 6) is -0.453. The van der Waals surface area contributed by atoms with Gasteiger partial charge in [-0.3, -0.25) is 14.2 Å². The van der Waals surface area contributed by atoms with Gasteiger partial charge in [-0.25, -0.2) is 9.36 Å². The van der Waals surface area contributed by atoms with E-state index in [1.165, 1.54) is 25.1 Å². The third kappa shape index (κ3) is 6.76. The molecule has 0 aromatic heterocycles. The number of nitrogens with one attached hydrogen (secondary N) is 2. The molecule has 2 amide bonds. The highest BCUT2D eigenvalue weighted by Gasteiger charge is 2.42. The molecule has 0 radical (unpaired) electrons. The topological polar surface area (TPSA) is 184 Å². The summed E-state index contributed by atoms with van der Waals surface area (Å²) < 4.78 is 35.4. The zero-order valence-electron chi connectivity index (χ0n) is 20.2. The second-order valence-corrected chi connectivity index (χ2v) is 10.0. The fraction of sp³-hybridized carbons (Fsp3) is 0.524. The van der Waals surface area contributed by atoms with Crippen LogP contribution in [0.1, 0.15) is 25.8 Å². The van der Waals surface area contributed by atoms with E-state index in [1.807, 2.05) is 6.92 Å². The van der Waals surface area contributed by atoms with E-state index in [2.05, 4.69) is 25.2 Å². The Labute approximate surface area is 207 Å². The summed E-state index contributed by atoms with van der Waals surface area (Å²) in [5, 5.41) is 18.4. The molecule has 3 N–H and O–H groups in total. The molecule has 2 heterocycles. The smallest absolute Gasteiger partial charge is 0.459 e. The number of aliphatic hydroxyl groups is 1. The van der Waals surface area contributed by atoms with Gasteiger partial charge >= 0.3 is 19.7 Å². The normalized spacial score (nSPS) is 26.2. The highest BCUT2D eigenvalue weighted by Crippen LogP contribution is 2.46. The van der Waals surface area contributed by atoms with E-state index in [9.17, 15) is 19.3 Å². The number of hydrogen-bond donors (Lipinski definition) is 3. The Hall–Kier alpha value is -3.12. The Morgan fingerprint density at radius 2 is 2.11 bits per heavy atom. The average Bonchev–Trinajstić information content (AvgIpc) is 3.23. The second-order valence-electron chi connectivity index (χ2n) is 8.34. The minimum absolute atomic E-state index is 0.125. The van der Waals surface area contributed by atoms with Crippen LogP contribution in [0, 0.1) is 6.92 Å². The first-order chi connectivity index (χ1) is 17.0. The summed E-state index contributed by atoms with van der Waals surface area (Å²) in [4.78, 5) is 28.3. The van der Waals surface area contributed by atoms with E-state index in [0.717, 1.165) is 5.56 Å². The zero-order valence-corrected chi connectivity index (χ0v) is 21.1. The number of amides is 2. The van der Waals surface area contributed by atoms with Gasteiger partial charge in [0.15, 0.2) is 6.23 Å². The van der Waals surface area contributed by atoms with E-state index in [-0.39, 0.29) is 18.8 Å². The first-order valence-corrected chi connectivity index (χ1v) is 12.6. The number of ether oxygens (including phenoxy) is 2. The Morgan fingerprint density at radius 1 is 1.42 bits per heavy atom. The Balaban J connectivity index is 1.77. The molecule has 1 aromatic rings. The van der Waals surface area contributed by atoms with Crippen molar-refractivity contribution in [1.82, 2.24) is 15.3 Å². The van der Waals surface area contributed by atoms with Crippen molar-refractivity contribution in [3.8, 4) is 5.75 Å². The molecule has 0 aliphatic carbocycles. The molecule has 2 aliphatic heterocycles. The molecule has 5 unspecified atom stereocenters. The summed E-state index contributed by atoms with van der Waals surface area (Å²) in [6, 6.07) is 4.30. The minimum Gasteiger partial charge on any atom is -0.468 e. The van der Waals surface area contributed by atoms with Crippen molar-refractivity contribution in [2.24, 2.45) is 5.11 Å². The minimum atomic E-state index is -4.16. The average molecular weight is 524 g/mol. The zero-order chi connectivity index (χ0) is 26.5. The number of aliphatic hydroxyl groups excluding tert-OH is 1. The van der Waals surface area contributed by atoms with Crippen LogP contribution in [0.4, 0.5) is 4.79 Å². The van der Waals surface area contributed by atoms with Gasteiger partial charge in [-0.1, -0.05) is 22.8 Å². The molecule has 1 aromatic carbocycles. The van der Waals surface area contributed by atoms with Gasteiger partial charge in [0.2, 0.25) is 0 Å². The molecular formula is C21H29N6O8P. The van der Waals surface area contributed by atoms with Crippen LogP contribution in [-0.2, 0) is 23.4 Å². The van der Waals surface area contributed by atoms with Crippen molar-refractivity contribution in [1.29, 1.82) is 0 Å². The molecule has 15 heteroatoms.